The molecule has 2 aromatic rings. The van der Waals surface area contributed by atoms with Crippen molar-refractivity contribution in [1.29, 1.82) is 0 Å². The first-order valence-corrected chi connectivity index (χ1v) is 10.2. The second-order valence-electron chi connectivity index (χ2n) is 6.46. The van der Waals surface area contributed by atoms with Gasteiger partial charge in [0.05, 0.1) is 11.3 Å². The maximum atomic E-state index is 12.1. The molecule has 0 saturated carbocycles. The Morgan fingerprint density at radius 2 is 1.67 bits per heavy atom. The van der Waals surface area contributed by atoms with Crippen molar-refractivity contribution in [1.82, 2.24) is 5.32 Å². The SMILES string of the molecule is NS(=O)(=O)c1ccc(CNC(=O)Cc2ccc(N3CCCC3=O)cc2)cc1. The van der Waals surface area contributed by atoms with Crippen LogP contribution in [0.3, 0.4) is 0 Å². The second-order valence-corrected chi connectivity index (χ2v) is 8.02. The number of hydrogen-bond acceptors (Lipinski definition) is 4. The van der Waals surface area contributed by atoms with Crippen molar-refractivity contribution in [3.05, 3.63) is 59.7 Å². The Balaban J connectivity index is 1.52. The van der Waals surface area contributed by atoms with E-state index in [4.69, 9.17) is 5.14 Å². The summed E-state index contributed by atoms with van der Waals surface area (Å²) in [6, 6.07) is 13.5. The number of carbonyl (C=O) groups excluding carboxylic acids is 2. The number of nitrogens with one attached hydrogen (secondary N) is 1. The van der Waals surface area contributed by atoms with Gasteiger partial charge < -0.3 is 10.2 Å². The highest BCUT2D eigenvalue weighted by Crippen LogP contribution is 2.21. The lowest BCUT2D eigenvalue weighted by Gasteiger charge is -2.15. The Labute approximate surface area is 158 Å². The highest BCUT2D eigenvalue weighted by Gasteiger charge is 2.21. The number of anilines is 1. The molecule has 2 aromatic carbocycles. The van der Waals surface area contributed by atoms with E-state index in [1.807, 2.05) is 24.3 Å². The van der Waals surface area contributed by atoms with Gasteiger partial charge in [0, 0.05) is 25.2 Å². The summed E-state index contributed by atoms with van der Waals surface area (Å²) in [6.07, 6.45) is 1.69. The van der Waals surface area contributed by atoms with Gasteiger partial charge in [0.2, 0.25) is 21.8 Å². The molecule has 0 aromatic heterocycles. The van der Waals surface area contributed by atoms with Gasteiger partial charge >= 0.3 is 0 Å². The summed E-state index contributed by atoms with van der Waals surface area (Å²) in [7, 11) is -3.72. The number of rotatable bonds is 6. The van der Waals surface area contributed by atoms with Crippen LogP contribution in [-0.4, -0.2) is 26.8 Å². The molecule has 1 aliphatic heterocycles. The molecule has 1 aliphatic rings. The molecular weight excluding hydrogens is 366 g/mol. The standard InChI is InChI=1S/C19H21N3O4S/c20-27(25,26)17-9-5-15(6-10-17)13-21-18(23)12-14-3-7-16(8-4-14)22-11-1-2-19(22)24/h3-10H,1-2,11-13H2,(H,21,23)(H2,20,25,26). The maximum Gasteiger partial charge on any atom is 0.238 e. The van der Waals surface area contributed by atoms with Crippen molar-refractivity contribution in [2.45, 2.75) is 30.7 Å². The van der Waals surface area contributed by atoms with Crippen LogP contribution in [0.25, 0.3) is 0 Å². The average molecular weight is 387 g/mol. The van der Waals surface area contributed by atoms with Crippen LogP contribution in [0, 0.1) is 0 Å². The first-order valence-electron chi connectivity index (χ1n) is 8.61. The Morgan fingerprint density at radius 3 is 2.22 bits per heavy atom. The van der Waals surface area contributed by atoms with Gasteiger partial charge in [0.15, 0.2) is 0 Å². The summed E-state index contributed by atoms with van der Waals surface area (Å²) in [5.74, 6) is -0.00975. The average Bonchev–Trinajstić information content (AvgIpc) is 3.06. The van der Waals surface area contributed by atoms with Gasteiger partial charge in [-0.3, -0.25) is 9.59 Å². The third-order valence-electron chi connectivity index (χ3n) is 4.43. The number of benzene rings is 2. The molecular formula is C19H21N3O4S. The summed E-state index contributed by atoms with van der Waals surface area (Å²) in [5, 5.41) is 7.85. The fourth-order valence-corrected chi connectivity index (χ4v) is 3.48. The lowest BCUT2D eigenvalue weighted by atomic mass is 10.1. The number of amides is 2. The minimum absolute atomic E-state index is 0.0363. The molecule has 7 nitrogen and oxygen atoms in total. The van der Waals surface area contributed by atoms with Crippen molar-refractivity contribution >= 4 is 27.5 Å². The number of hydrogen-bond donors (Lipinski definition) is 2. The molecule has 142 valence electrons. The van der Waals surface area contributed by atoms with Crippen LogP contribution in [0.15, 0.2) is 53.4 Å². The minimum Gasteiger partial charge on any atom is -0.352 e. The van der Waals surface area contributed by atoms with Gasteiger partial charge in [0.1, 0.15) is 0 Å². The van der Waals surface area contributed by atoms with Crippen molar-refractivity contribution < 1.29 is 18.0 Å². The monoisotopic (exact) mass is 387 g/mol. The molecule has 3 rings (SSSR count). The molecule has 0 spiro atoms. The van der Waals surface area contributed by atoms with E-state index in [1.54, 1.807) is 17.0 Å². The van der Waals surface area contributed by atoms with E-state index in [2.05, 4.69) is 5.32 Å². The van der Waals surface area contributed by atoms with Crippen LogP contribution < -0.4 is 15.4 Å². The Hall–Kier alpha value is -2.71. The Morgan fingerprint density at radius 1 is 1.04 bits per heavy atom. The Kier molecular flexibility index (Phi) is 5.57. The fourth-order valence-electron chi connectivity index (χ4n) is 2.96. The summed E-state index contributed by atoms with van der Waals surface area (Å²) < 4.78 is 22.5. The first kappa shape index (κ1) is 19.1. The zero-order valence-corrected chi connectivity index (χ0v) is 15.5. The van der Waals surface area contributed by atoms with Crippen LogP contribution in [-0.2, 0) is 32.6 Å². The van der Waals surface area contributed by atoms with Crippen molar-refractivity contribution in [3.63, 3.8) is 0 Å². The van der Waals surface area contributed by atoms with Crippen molar-refractivity contribution in [2.75, 3.05) is 11.4 Å². The van der Waals surface area contributed by atoms with Crippen LogP contribution in [0.4, 0.5) is 5.69 Å². The molecule has 1 heterocycles. The van der Waals surface area contributed by atoms with E-state index in [-0.39, 0.29) is 23.1 Å². The number of carbonyl (C=O) groups is 2. The third-order valence-corrected chi connectivity index (χ3v) is 5.36. The predicted octanol–water partition coefficient (Wildman–Crippen LogP) is 1.32. The zero-order valence-electron chi connectivity index (χ0n) is 14.7. The molecule has 0 bridgehead atoms. The van der Waals surface area contributed by atoms with Crippen molar-refractivity contribution in [2.24, 2.45) is 5.14 Å². The number of nitrogens with zero attached hydrogens (tertiary/aromatic N) is 1. The van der Waals surface area contributed by atoms with E-state index in [9.17, 15) is 18.0 Å². The molecule has 0 unspecified atom stereocenters. The number of sulfonamides is 1. The normalized spacial score (nSPS) is 14.4. The fraction of sp³-hybridized carbons (Fsp3) is 0.263. The summed E-state index contributed by atoms with van der Waals surface area (Å²) in [5.41, 5.74) is 2.49. The smallest absolute Gasteiger partial charge is 0.238 e. The van der Waals surface area contributed by atoms with Gasteiger partial charge in [-0.25, -0.2) is 13.6 Å². The van der Waals surface area contributed by atoms with Crippen molar-refractivity contribution in [3.8, 4) is 0 Å². The van der Waals surface area contributed by atoms with Crippen LogP contribution in [0.2, 0.25) is 0 Å². The number of primary sulfonamides is 1. The third kappa shape index (κ3) is 4.93. The Bertz CT molecular complexity index is 938. The maximum absolute atomic E-state index is 12.1. The molecule has 1 saturated heterocycles. The highest BCUT2D eigenvalue weighted by atomic mass is 32.2. The van der Waals surface area contributed by atoms with E-state index < -0.39 is 10.0 Å². The quantitative estimate of drug-likeness (QED) is 0.779. The molecule has 0 atom stereocenters. The van der Waals surface area contributed by atoms with Gasteiger partial charge in [-0.2, -0.15) is 0 Å². The van der Waals surface area contributed by atoms with Gasteiger partial charge in [-0.15, -0.1) is 0 Å². The number of nitrogens with two attached hydrogens (primary N) is 1. The topological polar surface area (TPSA) is 110 Å². The molecule has 3 N–H and O–H groups in total. The summed E-state index contributed by atoms with van der Waals surface area (Å²) >= 11 is 0. The van der Waals surface area contributed by atoms with Gasteiger partial charge in [0.25, 0.3) is 0 Å². The molecule has 27 heavy (non-hydrogen) atoms. The first-order chi connectivity index (χ1) is 12.8. The van der Waals surface area contributed by atoms with E-state index in [0.717, 1.165) is 29.8 Å². The summed E-state index contributed by atoms with van der Waals surface area (Å²) in [6.45, 7) is 1.03. The zero-order chi connectivity index (χ0) is 19.4. The summed E-state index contributed by atoms with van der Waals surface area (Å²) in [4.78, 5) is 25.7. The predicted molar refractivity (Wildman–Crippen MR) is 101 cm³/mol. The van der Waals surface area contributed by atoms with Crippen LogP contribution in [0.1, 0.15) is 24.0 Å². The minimum atomic E-state index is -3.72. The van der Waals surface area contributed by atoms with Gasteiger partial charge in [-0.1, -0.05) is 24.3 Å². The molecule has 0 aliphatic carbocycles. The van der Waals surface area contributed by atoms with Crippen LogP contribution in [0.5, 0.6) is 0 Å². The van der Waals surface area contributed by atoms with Crippen LogP contribution >= 0.6 is 0 Å². The van der Waals surface area contributed by atoms with E-state index >= 15 is 0 Å². The van der Waals surface area contributed by atoms with Gasteiger partial charge in [-0.05, 0) is 41.8 Å². The molecule has 8 heteroatoms. The molecule has 2 amide bonds. The molecule has 0 radical (unpaired) electrons. The van der Waals surface area contributed by atoms with E-state index in [1.165, 1.54) is 12.1 Å². The lowest BCUT2D eigenvalue weighted by Crippen LogP contribution is -2.25. The molecule has 1 fully saturated rings. The largest absolute Gasteiger partial charge is 0.352 e. The lowest BCUT2D eigenvalue weighted by molar-refractivity contribution is -0.120. The highest BCUT2D eigenvalue weighted by molar-refractivity contribution is 7.89. The van der Waals surface area contributed by atoms with E-state index in [0.29, 0.717) is 13.0 Å². The second kappa shape index (κ2) is 7.89.